The predicted molar refractivity (Wildman–Crippen MR) is 302 cm³/mol. The third-order valence-corrected chi connectivity index (χ3v) is 12.4. The van der Waals surface area contributed by atoms with Gasteiger partial charge in [0.15, 0.2) is 6.10 Å². The Kier molecular flexibility index (Phi) is 54.9. The lowest BCUT2D eigenvalue weighted by molar-refractivity contribution is -0.167. The van der Waals surface area contributed by atoms with Crippen molar-refractivity contribution in [1.82, 2.24) is 0 Å². The Morgan fingerprint density at radius 2 is 0.557 bits per heavy atom. The van der Waals surface area contributed by atoms with Gasteiger partial charge in [-0.3, -0.25) is 14.4 Å². The van der Waals surface area contributed by atoms with E-state index in [2.05, 4.69) is 118 Å². The Bertz CT molecular complexity index is 1400. The van der Waals surface area contributed by atoms with E-state index in [0.29, 0.717) is 19.3 Å². The fourth-order valence-electron chi connectivity index (χ4n) is 7.99. The normalized spacial score (nSPS) is 12.8. The summed E-state index contributed by atoms with van der Waals surface area (Å²) in [5.74, 6) is -0.892. The summed E-state index contributed by atoms with van der Waals surface area (Å²) in [7, 11) is 0. The first-order valence-corrected chi connectivity index (χ1v) is 29.2. The molecular formula is C64H108O6. The molecule has 0 heterocycles. The van der Waals surface area contributed by atoms with Crippen LogP contribution in [-0.4, -0.2) is 37.2 Å². The van der Waals surface area contributed by atoms with Crippen LogP contribution in [0, 0.1) is 0 Å². The molecule has 0 aliphatic carbocycles. The van der Waals surface area contributed by atoms with Crippen molar-refractivity contribution in [1.29, 1.82) is 0 Å². The van der Waals surface area contributed by atoms with E-state index in [4.69, 9.17) is 14.2 Å². The minimum atomic E-state index is -0.778. The summed E-state index contributed by atoms with van der Waals surface area (Å²) in [5.41, 5.74) is 0. The minimum absolute atomic E-state index is 0.0785. The SMILES string of the molecule is CC/C=C\C/C=C\C/C=C\C/C=C\C/C=C\C/C=C\C/C=C\C/C=C\CCCCCCCCC(=O)OCC(COC(=O)CCCCCCCCCCCC)OC(=O)CCCCCCCCCCCCC. The zero-order valence-electron chi connectivity index (χ0n) is 45.8. The van der Waals surface area contributed by atoms with E-state index >= 15 is 0 Å². The van der Waals surface area contributed by atoms with Crippen LogP contribution >= 0.6 is 0 Å². The largest absolute Gasteiger partial charge is 0.462 e. The van der Waals surface area contributed by atoms with E-state index in [0.717, 1.165) is 122 Å². The molecule has 0 saturated carbocycles. The summed E-state index contributed by atoms with van der Waals surface area (Å²) in [6, 6.07) is 0. The van der Waals surface area contributed by atoms with Crippen molar-refractivity contribution >= 4 is 17.9 Å². The molecule has 0 aliphatic rings. The topological polar surface area (TPSA) is 78.9 Å². The molecule has 0 fully saturated rings. The molecule has 0 radical (unpaired) electrons. The summed E-state index contributed by atoms with van der Waals surface area (Å²) >= 11 is 0. The van der Waals surface area contributed by atoms with Crippen LogP contribution in [0.2, 0.25) is 0 Å². The van der Waals surface area contributed by atoms with Crippen molar-refractivity contribution in [2.45, 2.75) is 277 Å². The van der Waals surface area contributed by atoms with Gasteiger partial charge in [-0.1, -0.05) is 266 Å². The molecule has 400 valence electrons. The van der Waals surface area contributed by atoms with Crippen LogP contribution in [0.4, 0.5) is 0 Å². The maximum absolute atomic E-state index is 12.8. The first-order valence-electron chi connectivity index (χ1n) is 29.2. The van der Waals surface area contributed by atoms with Crippen LogP contribution < -0.4 is 0 Å². The number of carbonyl (C=O) groups excluding carboxylic acids is 3. The number of ether oxygens (including phenoxy) is 3. The van der Waals surface area contributed by atoms with Gasteiger partial charge < -0.3 is 14.2 Å². The summed E-state index contributed by atoms with van der Waals surface area (Å²) in [4.78, 5) is 38.0. The average molecular weight is 974 g/mol. The van der Waals surface area contributed by atoms with Gasteiger partial charge in [0.2, 0.25) is 0 Å². The lowest BCUT2D eigenvalue weighted by Gasteiger charge is -2.18. The van der Waals surface area contributed by atoms with E-state index < -0.39 is 6.10 Å². The van der Waals surface area contributed by atoms with Gasteiger partial charge in [0.25, 0.3) is 0 Å². The highest BCUT2D eigenvalue weighted by Crippen LogP contribution is 2.15. The van der Waals surface area contributed by atoms with Gasteiger partial charge in [-0.05, 0) is 83.5 Å². The van der Waals surface area contributed by atoms with E-state index in [9.17, 15) is 14.4 Å². The van der Waals surface area contributed by atoms with Crippen LogP contribution in [0.3, 0.4) is 0 Å². The fourth-order valence-corrected chi connectivity index (χ4v) is 7.99. The third kappa shape index (κ3) is 55.3. The van der Waals surface area contributed by atoms with E-state index in [-0.39, 0.29) is 31.1 Å². The first kappa shape index (κ1) is 66.3. The Morgan fingerprint density at radius 1 is 0.300 bits per heavy atom. The minimum Gasteiger partial charge on any atom is -0.462 e. The molecular weight excluding hydrogens is 865 g/mol. The molecule has 0 aliphatic heterocycles. The molecule has 0 aromatic rings. The number of unbranched alkanes of at least 4 members (excludes halogenated alkanes) is 25. The number of allylic oxidation sites excluding steroid dienone is 16. The van der Waals surface area contributed by atoms with Gasteiger partial charge in [0, 0.05) is 19.3 Å². The highest BCUT2D eigenvalue weighted by molar-refractivity contribution is 5.71. The van der Waals surface area contributed by atoms with Crippen LogP contribution in [0.5, 0.6) is 0 Å². The number of hydrogen-bond acceptors (Lipinski definition) is 6. The Hall–Kier alpha value is -3.67. The second-order valence-corrected chi connectivity index (χ2v) is 19.2. The number of rotatable bonds is 52. The Labute approximate surface area is 432 Å². The van der Waals surface area contributed by atoms with Gasteiger partial charge in [-0.2, -0.15) is 0 Å². The van der Waals surface area contributed by atoms with Crippen LogP contribution in [-0.2, 0) is 28.6 Å². The maximum atomic E-state index is 12.8. The second kappa shape index (κ2) is 57.9. The second-order valence-electron chi connectivity index (χ2n) is 19.2. The van der Waals surface area contributed by atoms with Crippen molar-refractivity contribution in [3.8, 4) is 0 Å². The van der Waals surface area contributed by atoms with Crippen LogP contribution in [0.25, 0.3) is 0 Å². The standard InChI is InChI=1S/C64H108O6/c1-4-7-10-13-16-19-22-23-24-25-26-27-28-29-30-31-32-33-34-35-36-37-38-39-40-41-43-45-48-51-54-57-63(66)69-60-61(59-68-62(65)56-53-50-47-44-21-18-15-12-9-6-3)70-64(67)58-55-52-49-46-42-20-17-14-11-8-5-2/h7,10,16,19,23-24,26-27,29-30,32-33,35-36,38-39,61H,4-6,8-9,11-15,17-18,20-22,25,28,31,34,37,40-60H2,1-3H3/b10-7-,19-16-,24-23-,27-26-,30-29-,33-32-,36-35-,39-38-. The number of hydrogen-bond donors (Lipinski definition) is 0. The lowest BCUT2D eigenvalue weighted by atomic mass is 10.1. The molecule has 0 rings (SSSR count). The first-order chi connectivity index (χ1) is 34.5. The van der Waals surface area contributed by atoms with Crippen molar-refractivity contribution in [3.63, 3.8) is 0 Å². The quantitative estimate of drug-likeness (QED) is 0.0262. The molecule has 6 heteroatoms. The highest BCUT2D eigenvalue weighted by atomic mass is 16.6. The van der Waals surface area contributed by atoms with Crippen LogP contribution in [0.1, 0.15) is 271 Å². The number of carbonyl (C=O) groups is 3. The van der Waals surface area contributed by atoms with Gasteiger partial charge in [-0.25, -0.2) is 0 Å². The average Bonchev–Trinajstić information content (AvgIpc) is 3.36. The summed E-state index contributed by atoms with van der Waals surface area (Å²) in [6.07, 6.45) is 77.0. The number of esters is 3. The molecule has 1 atom stereocenters. The molecule has 0 bridgehead atoms. The zero-order valence-corrected chi connectivity index (χ0v) is 45.8. The lowest BCUT2D eigenvalue weighted by Crippen LogP contribution is -2.30. The van der Waals surface area contributed by atoms with E-state index in [1.54, 1.807) is 0 Å². The third-order valence-electron chi connectivity index (χ3n) is 12.4. The van der Waals surface area contributed by atoms with Gasteiger partial charge in [0.1, 0.15) is 13.2 Å². The Balaban J connectivity index is 4.20. The molecule has 0 amide bonds. The molecule has 0 saturated heterocycles. The molecule has 0 spiro atoms. The Morgan fingerprint density at radius 3 is 0.871 bits per heavy atom. The molecule has 0 aromatic carbocycles. The molecule has 1 unspecified atom stereocenters. The van der Waals surface area contributed by atoms with Crippen molar-refractivity contribution in [3.05, 3.63) is 97.2 Å². The van der Waals surface area contributed by atoms with Crippen molar-refractivity contribution < 1.29 is 28.6 Å². The highest BCUT2D eigenvalue weighted by Gasteiger charge is 2.19. The van der Waals surface area contributed by atoms with Crippen LogP contribution in [0.15, 0.2) is 97.2 Å². The summed E-state index contributed by atoms with van der Waals surface area (Å²) in [5, 5.41) is 0. The monoisotopic (exact) mass is 973 g/mol. The molecule has 70 heavy (non-hydrogen) atoms. The summed E-state index contributed by atoms with van der Waals surface area (Å²) in [6.45, 7) is 6.50. The van der Waals surface area contributed by atoms with Gasteiger partial charge >= 0.3 is 17.9 Å². The molecule has 6 nitrogen and oxygen atoms in total. The summed E-state index contributed by atoms with van der Waals surface area (Å²) < 4.78 is 16.8. The zero-order chi connectivity index (χ0) is 50.7. The van der Waals surface area contributed by atoms with Gasteiger partial charge in [0.05, 0.1) is 0 Å². The smallest absolute Gasteiger partial charge is 0.306 e. The fraction of sp³-hybridized carbons (Fsp3) is 0.703. The van der Waals surface area contributed by atoms with E-state index in [1.165, 1.54) is 109 Å². The van der Waals surface area contributed by atoms with E-state index in [1.807, 2.05) is 0 Å². The predicted octanol–water partition coefficient (Wildman–Crippen LogP) is 19.7. The van der Waals surface area contributed by atoms with Crippen molar-refractivity contribution in [2.24, 2.45) is 0 Å². The molecule has 0 N–H and O–H groups in total. The van der Waals surface area contributed by atoms with Gasteiger partial charge in [-0.15, -0.1) is 0 Å². The maximum Gasteiger partial charge on any atom is 0.306 e. The van der Waals surface area contributed by atoms with Crippen molar-refractivity contribution in [2.75, 3.05) is 13.2 Å². The molecule has 0 aromatic heterocycles.